The van der Waals surface area contributed by atoms with Crippen molar-refractivity contribution in [1.29, 1.82) is 0 Å². The topological polar surface area (TPSA) is 158 Å². The number of aromatic nitrogens is 2. The third kappa shape index (κ3) is 7.89. The number of aromatic amines is 1. The zero-order valence-corrected chi connectivity index (χ0v) is 35.3. The molecule has 0 spiro atoms. The standard InChI is InChI=1S/C47H55N7O6/c1-26(2)41(51-46(57)59-5)44(55)53-19-7-9-39(53)37-24-35-34-17-15-31(22-32(34)16-18-36(35)49-37)28-11-12-30-23-33(14-13-29(30)21-28)38-25-48-43(50-38)40-10-8-20-54(40)45(56)42(27(3)4)52-47(58)60-6/h11-15,17,21-23,25-27,39-42H,7-10,16,18-20,24H2,1-6H3,(H,48,50)(H,51,57)(H,52,58)/t39-,40-,41-,42-/m0/s1. The smallest absolute Gasteiger partial charge is 0.407 e. The summed E-state index contributed by atoms with van der Waals surface area (Å²) in [4.78, 5) is 68.6. The second-order valence-electron chi connectivity index (χ2n) is 17.1. The Morgan fingerprint density at radius 2 is 1.30 bits per heavy atom. The second-order valence-corrected chi connectivity index (χ2v) is 17.1. The summed E-state index contributed by atoms with van der Waals surface area (Å²) in [6, 6.07) is 18.2. The molecule has 60 heavy (non-hydrogen) atoms. The molecule has 0 saturated carbocycles. The van der Waals surface area contributed by atoms with Crippen LogP contribution < -0.4 is 10.6 Å². The summed E-state index contributed by atoms with van der Waals surface area (Å²) in [6.07, 6.45) is 6.54. The van der Waals surface area contributed by atoms with Crippen molar-refractivity contribution in [3.63, 3.8) is 0 Å². The summed E-state index contributed by atoms with van der Waals surface area (Å²) in [5.74, 6) is 0.350. The van der Waals surface area contributed by atoms with Crippen LogP contribution in [0.3, 0.4) is 0 Å². The number of H-pyrrole nitrogens is 1. The van der Waals surface area contributed by atoms with Gasteiger partial charge in [-0.25, -0.2) is 14.6 Å². The van der Waals surface area contributed by atoms with E-state index >= 15 is 0 Å². The molecule has 0 unspecified atom stereocenters. The molecule has 4 atom stereocenters. The van der Waals surface area contributed by atoms with Crippen molar-refractivity contribution in [1.82, 2.24) is 30.4 Å². The molecule has 2 fully saturated rings. The van der Waals surface area contributed by atoms with Gasteiger partial charge in [-0.2, -0.15) is 0 Å². The van der Waals surface area contributed by atoms with Crippen molar-refractivity contribution in [3.8, 4) is 22.4 Å². The van der Waals surface area contributed by atoms with Gasteiger partial charge in [0.15, 0.2) is 0 Å². The number of aryl methyl sites for hydroxylation is 1. The molecule has 4 amide bonds. The minimum atomic E-state index is -0.684. The van der Waals surface area contributed by atoms with Crippen LogP contribution in [0.15, 0.2) is 71.5 Å². The molecule has 4 heterocycles. The van der Waals surface area contributed by atoms with Crippen molar-refractivity contribution < 1.29 is 28.7 Å². The lowest BCUT2D eigenvalue weighted by Gasteiger charge is -2.31. The number of benzene rings is 3. The number of nitrogens with zero attached hydrogens (tertiary/aromatic N) is 4. The zero-order chi connectivity index (χ0) is 42.2. The first-order chi connectivity index (χ1) is 28.9. The number of hydrogen-bond acceptors (Lipinski definition) is 8. The number of ether oxygens (including phenoxy) is 2. The number of hydrogen-bond donors (Lipinski definition) is 3. The number of carbonyl (C=O) groups excluding carboxylic acids is 4. The SMILES string of the molecule is COC(=O)N[C@H](C(=O)N1CCC[C@H]1C1=NC2=C(C1)c1ccc(-c3ccc4cc(-c5cnc([C@@H]6CCCN6C(=O)[C@@H](NC(=O)OC)C(C)C)[nH]5)ccc4c3)cc1CC2)C(C)C. The molecule has 3 N–H and O–H groups in total. The predicted molar refractivity (Wildman–Crippen MR) is 231 cm³/mol. The van der Waals surface area contributed by atoms with Gasteiger partial charge in [-0.3, -0.25) is 14.6 Å². The van der Waals surface area contributed by atoms with E-state index in [1.165, 1.54) is 36.5 Å². The largest absolute Gasteiger partial charge is 0.453 e. The molecule has 13 heteroatoms. The quantitative estimate of drug-likeness (QED) is 0.147. The van der Waals surface area contributed by atoms with Crippen LogP contribution in [0.2, 0.25) is 0 Å². The Labute approximate surface area is 351 Å². The lowest BCUT2D eigenvalue weighted by molar-refractivity contribution is -0.135. The van der Waals surface area contributed by atoms with E-state index in [9.17, 15) is 19.2 Å². The van der Waals surface area contributed by atoms with E-state index in [1.54, 1.807) is 0 Å². The Kier molecular flexibility index (Phi) is 11.5. The summed E-state index contributed by atoms with van der Waals surface area (Å²) in [7, 11) is 2.61. The van der Waals surface area contributed by atoms with Gasteiger partial charge >= 0.3 is 12.2 Å². The van der Waals surface area contributed by atoms with Gasteiger partial charge in [0.25, 0.3) is 0 Å². The van der Waals surface area contributed by atoms with Crippen molar-refractivity contribution in [2.24, 2.45) is 16.8 Å². The van der Waals surface area contributed by atoms with Gasteiger partial charge in [0.1, 0.15) is 17.9 Å². The number of methoxy groups -OCH3 is 2. The van der Waals surface area contributed by atoms with Gasteiger partial charge in [-0.1, -0.05) is 70.2 Å². The van der Waals surface area contributed by atoms with Crippen LogP contribution in [-0.2, 0) is 25.5 Å². The van der Waals surface area contributed by atoms with Crippen molar-refractivity contribution >= 4 is 46.1 Å². The fraction of sp³-hybridized carbons (Fsp3) is 0.447. The van der Waals surface area contributed by atoms with E-state index in [1.807, 2.05) is 43.7 Å². The molecular weight excluding hydrogens is 759 g/mol. The number of alkyl carbamates (subject to hydrolysis) is 2. The van der Waals surface area contributed by atoms with E-state index in [-0.39, 0.29) is 35.7 Å². The molecule has 4 aliphatic rings. The first-order valence-electron chi connectivity index (χ1n) is 21.3. The van der Waals surface area contributed by atoms with E-state index in [0.717, 1.165) is 89.8 Å². The van der Waals surface area contributed by atoms with E-state index < -0.39 is 24.3 Å². The number of carbonyl (C=O) groups is 4. The summed E-state index contributed by atoms with van der Waals surface area (Å²) in [6.45, 7) is 8.94. The molecule has 13 nitrogen and oxygen atoms in total. The number of fused-ring (bicyclic) bond motifs is 3. The first kappa shape index (κ1) is 40.8. The van der Waals surface area contributed by atoms with E-state index in [2.05, 4.69) is 70.2 Å². The third-order valence-electron chi connectivity index (χ3n) is 12.7. The third-order valence-corrected chi connectivity index (χ3v) is 12.7. The van der Waals surface area contributed by atoms with Crippen molar-refractivity contribution in [3.05, 3.63) is 83.4 Å². The lowest BCUT2D eigenvalue weighted by Crippen LogP contribution is -2.53. The molecule has 314 valence electrons. The molecule has 1 aromatic heterocycles. The fourth-order valence-corrected chi connectivity index (χ4v) is 9.43. The summed E-state index contributed by atoms with van der Waals surface area (Å²) in [5, 5.41) is 7.71. The Bertz CT molecular complexity index is 2400. The van der Waals surface area contributed by atoms with Crippen LogP contribution in [0.4, 0.5) is 9.59 Å². The van der Waals surface area contributed by atoms with Crippen LogP contribution >= 0.6 is 0 Å². The molecule has 8 rings (SSSR count). The molecule has 2 saturated heterocycles. The average Bonchev–Trinajstić information content (AvgIpc) is 4.09. The Morgan fingerprint density at radius 1 is 0.733 bits per heavy atom. The van der Waals surface area contributed by atoms with Gasteiger partial charge in [0.2, 0.25) is 11.8 Å². The highest BCUT2D eigenvalue weighted by Crippen LogP contribution is 2.42. The lowest BCUT2D eigenvalue weighted by atomic mass is 9.85. The highest BCUT2D eigenvalue weighted by Gasteiger charge is 2.40. The van der Waals surface area contributed by atoms with E-state index in [4.69, 9.17) is 19.5 Å². The molecule has 1 aliphatic carbocycles. The maximum Gasteiger partial charge on any atom is 0.407 e. The van der Waals surface area contributed by atoms with Crippen molar-refractivity contribution in [2.75, 3.05) is 27.3 Å². The number of aliphatic imine (C=N–C) groups is 1. The van der Waals surface area contributed by atoms with Crippen LogP contribution in [0.1, 0.15) is 89.2 Å². The van der Waals surface area contributed by atoms with Gasteiger partial charge in [-0.15, -0.1) is 0 Å². The van der Waals surface area contributed by atoms with Crippen molar-refractivity contribution in [2.45, 2.75) is 96.8 Å². The van der Waals surface area contributed by atoms with Gasteiger partial charge in [0, 0.05) is 36.5 Å². The minimum Gasteiger partial charge on any atom is -0.453 e. The number of amides is 4. The van der Waals surface area contributed by atoms with Gasteiger partial charge in [-0.05, 0) is 101 Å². The number of likely N-dealkylation sites (tertiary alicyclic amines) is 2. The Balaban J connectivity index is 0.951. The van der Waals surface area contributed by atoms with Gasteiger partial charge in [0.05, 0.1) is 38.2 Å². The Hall–Kier alpha value is -5.98. The van der Waals surface area contributed by atoms with Crippen LogP contribution in [0.5, 0.6) is 0 Å². The zero-order valence-electron chi connectivity index (χ0n) is 35.3. The molecule has 0 radical (unpaired) electrons. The van der Waals surface area contributed by atoms with Gasteiger partial charge < -0.3 is 34.9 Å². The molecular formula is C47H55N7O6. The normalized spacial score (nSPS) is 19.6. The summed E-state index contributed by atoms with van der Waals surface area (Å²) < 4.78 is 9.59. The van der Waals surface area contributed by atoms with E-state index in [0.29, 0.717) is 13.1 Å². The predicted octanol–water partition coefficient (Wildman–Crippen LogP) is 7.81. The first-order valence-corrected chi connectivity index (χ1v) is 21.3. The molecule has 4 aromatic rings. The Morgan fingerprint density at radius 3 is 1.93 bits per heavy atom. The summed E-state index contributed by atoms with van der Waals surface area (Å²) in [5.41, 5.74) is 10.2. The molecule has 3 aliphatic heterocycles. The van der Waals surface area contributed by atoms with Crippen LogP contribution in [0.25, 0.3) is 38.7 Å². The maximum absolute atomic E-state index is 13.8. The highest BCUT2D eigenvalue weighted by molar-refractivity contribution is 6.05. The molecule has 3 aromatic carbocycles. The van der Waals surface area contributed by atoms with Crippen LogP contribution in [0, 0.1) is 11.8 Å². The second kappa shape index (κ2) is 16.9. The fourth-order valence-electron chi connectivity index (χ4n) is 9.43. The number of imidazole rings is 1. The number of allylic oxidation sites excluding steroid dienone is 2. The number of rotatable bonds is 10. The minimum absolute atomic E-state index is 0.0749. The monoisotopic (exact) mass is 813 g/mol. The summed E-state index contributed by atoms with van der Waals surface area (Å²) >= 11 is 0. The maximum atomic E-state index is 13.8. The molecule has 0 bridgehead atoms. The average molecular weight is 814 g/mol. The highest BCUT2D eigenvalue weighted by atomic mass is 16.5. The number of nitrogens with one attached hydrogen (secondary N) is 3. The van der Waals surface area contributed by atoms with Crippen LogP contribution in [-0.4, -0.2) is 94.9 Å².